The Balaban J connectivity index is 0.000000423. The SMILES string of the molecule is NC(N)=O.Nc1cc[c]([Sb](=[O])([OH])[OH])cc1. The van der Waals surface area contributed by atoms with Gasteiger partial charge in [-0.25, -0.2) is 4.79 Å². The van der Waals surface area contributed by atoms with Gasteiger partial charge in [0, 0.05) is 0 Å². The van der Waals surface area contributed by atoms with Gasteiger partial charge in [-0.05, 0) is 0 Å². The number of carbonyl (C=O) groups excluding carboxylic acids is 1. The zero-order valence-electron chi connectivity index (χ0n) is 7.70. The van der Waals surface area contributed by atoms with Crippen molar-refractivity contribution in [3.05, 3.63) is 24.3 Å². The van der Waals surface area contributed by atoms with Gasteiger partial charge in [-0.3, -0.25) is 0 Å². The van der Waals surface area contributed by atoms with Crippen molar-refractivity contribution in [2.24, 2.45) is 11.5 Å². The number of carbonyl (C=O) groups is 1. The molecule has 0 unspecified atom stereocenters. The van der Waals surface area contributed by atoms with E-state index in [9.17, 15) is 3.02 Å². The predicted octanol–water partition coefficient (Wildman–Crippen LogP) is -2.15. The van der Waals surface area contributed by atoms with E-state index in [1.54, 1.807) is 0 Å². The molecule has 0 saturated carbocycles. The summed E-state index contributed by atoms with van der Waals surface area (Å²) in [6.45, 7) is 0. The van der Waals surface area contributed by atoms with Gasteiger partial charge in [0.2, 0.25) is 0 Å². The summed E-state index contributed by atoms with van der Waals surface area (Å²) in [4.78, 5) is 9.00. The number of primary amides is 2. The molecule has 0 heterocycles. The van der Waals surface area contributed by atoms with Crippen LogP contribution in [0.3, 0.4) is 0 Å². The average Bonchev–Trinajstić information content (AvgIpc) is 2.01. The van der Waals surface area contributed by atoms with E-state index in [4.69, 9.17) is 17.3 Å². The first-order valence-electron chi connectivity index (χ1n) is 3.70. The second kappa shape index (κ2) is 5.65. The van der Waals surface area contributed by atoms with Crippen molar-refractivity contribution in [2.75, 3.05) is 5.73 Å². The fourth-order valence-corrected chi connectivity index (χ4v) is 2.20. The molecule has 0 atom stereocenters. The summed E-state index contributed by atoms with van der Waals surface area (Å²) in [6.07, 6.45) is 0. The maximum absolute atomic E-state index is 10.7. The summed E-state index contributed by atoms with van der Waals surface area (Å²) in [5, 5.41) is 0. The van der Waals surface area contributed by atoms with Crippen LogP contribution in [0, 0.1) is 0 Å². The first kappa shape index (κ1) is 13.8. The van der Waals surface area contributed by atoms with E-state index in [-0.39, 0.29) is 3.51 Å². The molecule has 7 nitrogen and oxygen atoms in total. The normalized spacial score (nSPS) is 10.0. The molecule has 0 spiro atoms. The van der Waals surface area contributed by atoms with Crippen molar-refractivity contribution in [3.63, 3.8) is 0 Å². The van der Waals surface area contributed by atoms with Gasteiger partial charge in [0.05, 0.1) is 0 Å². The summed E-state index contributed by atoms with van der Waals surface area (Å²) < 4.78 is 28.2. The monoisotopic (exact) mass is 323 g/mol. The summed E-state index contributed by atoms with van der Waals surface area (Å²) in [7, 11) is 0. The summed E-state index contributed by atoms with van der Waals surface area (Å²) >= 11 is -4.95. The van der Waals surface area contributed by atoms with Gasteiger partial charge >= 0.3 is 74.6 Å². The van der Waals surface area contributed by atoms with Crippen molar-refractivity contribution >= 4 is 34.9 Å². The number of urea groups is 1. The van der Waals surface area contributed by atoms with Crippen LogP contribution in [-0.4, -0.2) is 32.4 Å². The zero-order chi connectivity index (χ0) is 12.1. The van der Waals surface area contributed by atoms with Gasteiger partial charge in [0.25, 0.3) is 0 Å². The van der Waals surface area contributed by atoms with E-state index in [0.29, 0.717) is 5.69 Å². The standard InChI is InChI=1S/C6H6N.CH4N2O.2H2O.O.Sb/c7-6-4-2-1-3-5-6;2-1(3)4;;;;/h2-5H,7H2;(H4,2,3,4);2*1H2;;/q;;;;;+2/p-2. The summed E-state index contributed by atoms with van der Waals surface area (Å²) in [6, 6.07) is 4.83. The van der Waals surface area contributed by atoms with E-state index in [1.807, 2.05) is 0 Å². The summed E-state index contributed by atoms with van der Waals surface area (Å²) in [5.41, 5.74) is 14.3. The fourth-order valence-electron chi connectivity index (χ4n) is 0.669. The van der Waals surface area contributed by atoms with Crippen LogP contribution in [-0.2, 0) is 3.02 Å². The number of anilines is 1. The van der Waals surface area contributed by atoms with Crippen molar-refractivity contribution in [1.82, 2.24) is 0 Å². The van der Waals surface area contributed by atoms with Gasteiger partial charge in [-0.1, -0.05) is 0 Å². The number of hydrogen-bond donors (Lipinski definition) is 5. The van der Waals surface area contributed by atoms with Crippen LogP contribution in [0.15, 0.2) is 24.3 Å². The average molecular weight is 324 g/mol. The van der Waals surface area contributed by atoms with Gasteiger partial charge in [0.15, 0.2) is 0 Å². The molecule has 0 aromatic heterocycles. The number of benzene rings is 1. The van der Waals surface area contributed by atoms with Gasteiger partial charge < -0.3 is 11.5 Å². The van der Waals surface area contributed by atoms with Crippen LogP contribution in [0.25, 0.3) is 0 Å². The van der Waals surface area contributed by atoms with Crippen molar-refractivity contribution in [1.29, 1.82) is 0 Å². The molecule has 0 radical (unpaired) electrons. The molecule has 1 rings (SSSR count). The van der Waals surface area contributed by atoms with E-state index < -0.39 is 25.7 Å². The van der Waals surface area contributed by atoms with Crippen molar-refractivity contribution in [3.8, 4) is 0 Å². The minimum atomic E-state index is -4.95. The second-order valence-electron chi connectivity index (χ2n) is 2.54. The van der Waals surface area contributed by atoms with E-state index in [1.165, 1.54) is 24.3 Å². The first-order chi connectivity index (χ1) is 6.73. The molecule has 1 aromatic carbocycles. The van der Waals surface area contributed by atoms with Gasteiger partial charge in [-0.2, -0.15) is 0 Å². The predicted molar refractivity (Wildman–Crippen MR) is 55.1 cm³/mol. The Labute approximate surface area is 91.0 Å². The molecule has 1 aromatic rings. The van der Waals surface area contributed by atoms with Crippen LogP contribution in [0.2, 0.25) is 0 Å². The topological polar surface area (TPSA) is 153 Å². The molecule has 2 amide bonds. The van der Waals surface area contributed by atoms with E-state index in [0.717, 1.165) is 0 Å². The molecule has 15 heavy (non-hydrogen) atoms. The molecule has 84 valence electrons. The number of nitrogens with two attached hydrogens (primary N) is 3. The molecule has 8 heteroatoms. The minimum absolute atomic E-state index is 0.0812. The molecule has 0 saturated heterocycles. The second-order valence-corrected chi connectivity index (χ2v) is 7.12. The van der Waals surface area contributed by atoms with Crippen LogP contribution in [0.4, 0.5) is 10.5 Å². The summed E-state index contributed by atoms with van der Waals surface area (Å²) in [5.74, 6) is 0. The molecule has 0 bridgehead atoms. The van der Waals surface area contributed by atoms with Crippen LogP contribution >= 0.6 is 0 Å². The molecular formula is C7H12N3O4Sb. The van der Waals surface area contributed by atoms with Crippen LogP contribution in [0.1, 0.15) is 0 Å². The van der Waals surface area contributed by atoms with Gasteiger partial charge in [-0.15, -0.1) is 0 Å². The maximum atomic E-state index is 10.7. The van der Waals surface area contributed by atoms with Crippen LogP contribution in [0.5, 0.6) is 0 Å². The Kier molecular flexibility index (Phi) is 5.21. The third-order valence-corrected chi connectivity index (χ3v) is 4.00. The van der Waals surface area contributed by atoms with Crippen molar-refractivity contribution in [2.45, 2.75) is 0 Å². The quantitative estimate of drug-likeness (QED) is 0.295. The number of amides is 2. The Morgan fingerprint density at radius 1 is 1.13 bits per heavy atom. The van der Waals surface area contributed by atoms with Crippen molar-refractivity contribution < 1.29 is 14.6 Å². The Morgan fingerprint density at radius 3 is 1.73 bits per heavy atom. The molecular weight excluding hydrogens is 312 g/mol. The fraction of sp³-hybridized carbons (Fsp3) is 0. The molecule has 0 aliphatic rings. The molecule has 8 N–H and O–H groups in total. The Morgan fingerprint density at radius 2 is 1.47 bits per heavy atom. The number of hydrogen-bond acceptors (Lipinski definition) is 3. The zero-order valence-corrected chi connectivity index (χ0v) is 10.3. The number of rotatable bonds is 1. The van der Waals surface area contributed by atoms with E-state index in [2.05, 4.69) is 11.5 Å². The molecule has 0 aliphatic carbocycles. The third-order valence-electron chi connectivity index (χ3n) is 1.23. The Hall–Kier alpha value is -1.17. The van der Waals surface area contributed by atoms with Crippen LogP contribution < -0.4 is 20.7 Å². The Bertz CT molecular complexity index is 368. The first-order valence-corrected chi connectivity index (χ1v) is 8.30. The third kappa shape index (κ3) is 6.84. The van der Waals surface area contributed by atoms with Gasteiger partial charge in [0.1, 0.15) is 0 Å². The molecule has 0 aliphatic heterocycles. The number of nitrogen functional groups attached to an aromatic ring is 1. The molecule has 0 fully saturated rings. The van der Waals surface area contributed by atoms with E-state index >= 15 is 0 Å².